The summed E-state index contributed by atoms with van der Waals surface area (Å²) in [6, 6.07) is 13.2. The lowest BCUT2D eigenvalue weighted by molar-refractivity contribution is -0.142. The molecule has 1 aliphatic carbocycles. The molecule has 2 aromatic heterocycles. The Morgan fingerprint density at radius 1 is 1.12 bits per heavy atom. The van der Waals surface area contributed by atoms with Crippen LogP contribution in [-0.2, 0) is 16.1 Å². The Kier molecular flexibility index (Phi) is 6.60. The highest BCUT2D eigenvalue weighted by Gasteiger charge is 2.28. The average molecular weight is 454 g/mol. The van der Waals surface area contributed by atoms with Crippen molar-refractivity contribution in [3.63, 3.8) is 0 Å². The van der Waals surface area contributed by atoms with E-state index in [4.69, 9.17) is 0 Å². The highest BCUT2D eigenvalue weighted by molar-refractivity contribution is 7.17. The third kappa shape index (κ3) is 4.55. The average Bonchev–Trinajstić information content (AvgIpc) is 3.38. The minimum atomic E-state index is -0.763. The molecule has 0 bridgehead atoms. The van der Waals surface area contributed by atoms with Gasteiger partial charge < -0.3 is 19.9 Å². The van der Waals surface area contributed by atoms with Gasteiger partial charge in [-0.1, -0.05) is 18.2 Å². The van der Waals surface area contributed by atoms with Crippen molar-refractivity contribution in [2.75, 3.05) is 11.4 Å². The molecule has 1 aromatic carbocycles. The fourth-order valence-electron chi connectivity index (χ4n) is 4.41. The van der Waals surface area contributed by atoms with E-state index in [0.29, 0.717) is 37.9 Å². The number of carbonyl (C=O) groups is 3. The van der Waals surface area contributed by atoms with Crippen LogP contribution >= 0.6 is 11.3 Å². The molecule has 1 fully saturated rings. The largest absolute Gasteiger partial charge is 0.481 e. The van der Waals surface area contributed by atoms with Crippen molar-refractivity contribution >= 4 is 45.0 Å². The standard InChI is InChI=1S/C24H27N3O4S/c1-2-26(18-6-4-3-5-7-18)22(28)15-27-19-12-13-32-21(19)14-20(27)23(29)25-17-10-8-16(9-11-17)24(30)31/h3-7,12-14,16-17H,2,8-11,15H2,1H3,(H,25,29)(H,30,31)/t16-,17-. The van der Waals surface area contributed by atoms with Crippen LogP contribution in [-0.4, -0.2) is 40.0 Å². The summed E-state index contributed by atoms with van der Waals surface area (Å²) in [5, 5.41) is 14.2. The monoisotopic (exact) mass is 453 g/mol. The Labute approximate surface area is 190 Å². The van der Waals surface area contributed by atoms with E-state index in [1.165, 1.54) is 11.3 Å². The number of carboxylic acid groups (broad SMARTS) is 1. The maximum Gasteiger partial charge on any atom is 0.306 e. The van der Waals surface area contributed by atoms with Gasteiger partial charge in [0.15, 0.2) is 0 Å². The summed E-state index contributed by atoms with van der Waals surface area (Å²) < 4.78 is 2.75. The molecule has 0 saturated heterocycles. The third-order valence-electron chi connectivity index (χ3n) is 6.15. The minimum Gasteiger partial charge on any atom is -0.481 e. The number of nitrogens with zero attached hydrogens (tertiary/aromatic N) is 2. The van der Waals surface area contributed by atoms with E-state index in [2.05, 4.69) is 5.32 Å². The third-order valence-corrected chi connectivity index (χ3v) is 7.00. The lowest BCUT2D eigenvalue weighted by atomic mass is 9.86. The van der Waals surface area contributed by atoms with Gasteiger partial charge in [0.25, 0.3) is 5.91 Å². The number of para-hydroxylation sites is 1. The van der Waals surface area contributed by atoms with Crippen LogP contribution in [0.2, 0.25) is 0 Å². The normalized spacial score (nSPS) is 18.4. The second kappa shape index (κ2) is 9.56. The minimum absolute atomic E-state index is 0.0494. The first kappa shape index (κ1) is 22.1. The molecule has 3 aromatic rings. The molecule has 1 saturated carbocycles. The number of amides is 2. The Bertz CT molecular complexity index is 1110. The molecule has 0 aliphatic heterocycles. The van der Waals surface area contributed by atoms with E-state index >= 15 is 0 Å². The Hall–Kier alpha value is -3.13. The zero-order valence-electron chi connectivity index (χ0n) is 18.0. The number of anilines is 1. The number of hydrogen-bond acceptors (Lipinski definition) is 4. The predicted octanol–water partition coefficient (Wildman–Crippen LogP) is 4.13. The van der Waals surface area contributed by atoms with Crippen LogP contribution in [0.15, 0.2) is 47.8 Å². The van der Waals surface area contributed by atoms with Crippen molar-refractivity contribution in [3.8, 4) is 0 Å². The summed E-state index contributed by atoms with van der Waals surface area (Å²) in [7, 11) is 0. The van der Waals surface area contributed by atoms with Crippen molar-refractivity contribution in [1.82, 2.24) is 9.88 Å². The number of rotatable bonds is 7. The van der Waals surface area contributed by atoms with E-state index in [9.17, 15) is 19.5 Å². The van der Waals surface area contributed by atoms with Gasteiger partial charge in [-0.2, -0.15) is 0 Å². The zero-order chi connectivity index (χ0) is 22.7. The van der Waals surface area contributed by atoms with Gasteiger partial charge in [-0.25, -0.2) is 0 Å². The molecule has 32 heavy (non-hydrogen) atoms. The molecule has 2 N–H and O–H groups in total. The second-order valence-electron chi connectivity index (χ2n) is 8.12. The fraction of sp³-hybridized carbons (Fsp3) is 0.375. The van der Waals surface area contributed by atoms with Crippen LogP contribution in [0.3, 0.4) is 0 Å². The van der Waals surface area contributed by atoms with Gasteiger partial charge >= 0.3 is 5.97 Å². The fourth-order valence-corrected chi connectivity index (χ4v) is 5.23. The second-order valence-corrected chi connectivity index (χ2v) is 9.07. The van der Waals surface area contributed by atoms with E-state index in [0.717, 1.165) is 15.9 Å². The summed E-state index contributed by atoms with van der Waals surface area (Å²) >= 11 is 1.54. The summed E-state index contributed by atoms with van der Waals surface area (Å²) in [6.45, 7) is 2.53. The van der Waals surface area contributed by atoms with Crippen LogP contribution in [0.5, 0.6) is 0 Å². The van der Waals surface area contributed by atoms with E-state index in [1.54, 1.807) is 9.47 Å². The summed E-state index contributed by atoms with van der Waals surface area (Å²) in [5.41, 5.74) is 2.16. The van der Waals surface area contributed by atoms with Gasteiger partial charge in [0.1, 0.15) is 12.2 Å². The van der Waals surface area contributed by atoms with Crippen molar-refractivity contribution in [2.24, 2.45) is 5.92 Å². The van der Waals surface area contributed by atoms with Crippen molar-refractivity contribution in [1.29, 1.82) is 0 Å². The summed E-state index contributed by atoms with van der Waals surface area (Å²) in [4.78, 5) is 39.2. The first-order valence-corrected chi connectivity index (χ1v) is 11.8. The van der Waals surface area contributed by atoms with Crippen LogP contribution in [0, 0.1) is 5.92 Å². The first-order valence-electron chi connectivity index (χ1n) is 10.9. The molecule has 168 valence electrons. The molecule has 1 aliphatic rings. The smallest absolute Gasteiger partial charge is 0.306 e. The summed E-state index contributed by atoms with van der Waals surface area (Å²) in [6.07, 6.45) is 2.43. The number of aliphatic carboxylic acids is 1. The number of benzene rings is 1. The molecular weight excluding hydrogens is 426 g/mol. The van der Waals surface area contributed by atoms with Gasteiger partial charge in [-0.05, 0) is 62.3 Å². The molecule has 4 rings (SSSR count). The maximum absolute atomic E-state index is 13.2. The molecule has 0 unspecified atom stereocenters. The topological polar surface area (TPSA) is 91.6 Å². The Balaban J connectivity index is 1.52. The number of carbonyl (C=O) groups excluding carboxylic acids is 2. The number of hydrogen-bond donors (Lipinski definition) is 2. The van der Waals surface area contributed by atoms with Crippen LogP contribution in [0.1, 0.15) is 43.1 Å². The van der Waals surface area contributed by atoms with E-state index < -0.39 is 5.97 Å². The van der Waals surface area contributed by atoms with Crippen LogP contribution < -0.4 is 10.2 Å². The number of fused-ring (bicyclic) bond motifs is 1. The highest BCUT2D eigenvalue weighted by Crippen LogP contribution is 2.28. The summed E-state index contributed by atoms with van der Waals surface area (Å²) in [5.74, 6) is -1.39. The van der Waals surface area contributed by atoms with Crippen LogP contribution in [0.25, 0.3) is 10.2 Å². The van der Waals surface area contributed by atoms with Crippen molar-refractivity contribution in [2.45, 2.75) is 45.2 Å². The quantitative estimate of drug-likeness (QED) is 0.563. The van der Waals surface area contributed by atoms with Crippen molar-refractivity contribution in [3.05, 3.63) is 53.5 Å². The van der Waals surface area contributed by atoms with Crippen molar-refractivity contribution < 1.29 is 19.5 Å². The molecule has 2 amide bonds. The molecule has 2 heterocycles. The molecule has 7 nitrogen and oxygen atoms in total. The Morgan fingerprint density at radius 2 is 1.84 bits per heavy atom. The van der Waals surface area contributed by atoms with E-state index in [-0.39, 0.29) is 30.3 Å². The van der Waals surface area contributed by atoms with Gasteiger partial charge in [-0.3, -0.25) is 14.4 Å². The lowest BCUT2D eigenvalue weighted by Gasteiger charge is -2.27. The molecule has 0 spiro atoms. The zero-order valence-corrected chi connectivity index (χ0v) is 18.8. The van der Waals surface area contributed by atoms with Gasteiger partial charge in [0.2, 0.25) is 5.91 Å². The number of carboxylic acids is 1. The lowest BCUT2D eigenvalue weighted by Crippen LogP contribution is -2.40. The molecule has 8 heteroatoms. The van der Waals surface area contributed by atoms with Gasteiger partial charge in [0.05, 0.1) is 16.1 Å². The van der Waals surface area contributed by atoms with Gasteiger partial charge in [-0.15, -0.1) is 11.3 Å². The number of nitrogens with one attached hydrogen (secondary N) is 1. The molecule has 0 radical (unpaired) electrons. The number of likely N-dealkylation sites (N-methyl/N-ethyl adjacent to an activating group) is 1. The number of aromatic nitrogens is 1. The molecule has 0 atom stereocenters. The maximum atomic E-state index is 13.2. The Morgan fingerprint density at radius 3 is 2.50 bits per heavy atom. The molecular formula is C24H27N3O4S. The van der Waals surface area contributed by atoms with E-state index in [1.807, 2.05) is 54.8 Å². The van der Waals surface area contributed by atoms with Gasteiger partial charge in [0, 0.05) is 18.3 Å². The SMILES string of the molecule is CCN(C(=O)Cn1c(C(=O)N[C@H]2CC[C@H](C(=O)O)CC2)cc2sccc21)c1ccccc1. The predicted molar refractivity (Wildman–Crippen MR) is 125 cm³/mol. The number of thiophene rings is 1. The first-order chi connectivity index (χ1) is 15.5. The van der Waals surface area contributed by atoms with Crippen LogP contribution in [0.4, 0.5) is 5.69 Å². The highest BCUT2D eigenvalue weighted by atomic mass is 32.1.